The van der Waals surface area contributed by atoms with Gasteiger partial charge in [0, 0.05) is 12.3 Å². The van der Waals surface area contributed by atoms with Gasteiger partial charge < -0.3 is 0 Å². The molecule has 0 unspecified atom stereocenters. The molecule has 1 saturated carbocycles. The number of nitro benzene ring substituents is 2. The number of rotatable bonds is 5. The van der Waals surface area contributed by atoms with Crippen LogP contribution in [0.3, 0.4) is 0 Å². The van der Waals surface area contributed by atoms with E-state index in [0.717, 1.165) is 18.9 Å². The maximum atomic E-state index is 10.8. The molecule has 1 aliphatic rings. The molecular weight excluding hydrogens is 240 g/mol. The van der Waals surface area contributed by atoms with Gasteiger partial charge in [0.2, 0.25) is 0 Å². The van der Waals surface area contributed by atoms with Crippen molar-refractivity contribution in [1.29, 1.82) is 0 Å². The van der Waals surface area contributed by atoms with Gasteiger partial charge in [-0.1, -0.05) is 0 Å². The first-order valence-corrected chi connectivity index (χ1v) is 5.30. The minimum atomic E-state index is -0.679. The van der Waals surface area contributed by atoms with E-state index in [1.807, 2.05) is 0 Å². The minimum absolute atomic E-state index is 0.141. The number of hydrogen-bond donors (Lipinski definition) is 1. The summed E-state index contributed by atoms with van der Waals surface area (Å²) in [5.74, 6) is 0.439. The molecule has 8 heteroatoms. The van der Waals surface area contributed by atoms with E-state index in [1.165, 1.54) is 12.1 Å². The largest absolute Gasteiger partial charge is 0.301 e. The lowest BCUT2D eigenvalue weighted by Gasteiger charge is -2.01. The van der Waals surface area contributed by atoms with Crippen LogP contribution < -0.4 is 5.43 Å². The fourth-order valence-electron chi connectivity index (χ4n) is 1.34. The topological polar surface area (TPSA) is 111 Å². The predicted molar refractivity (Wildman–Crippen MR) is 64.6 cm³/mol. The van der Waals surface area contributed by atoms with Crippen LogP contribution in [0.15, 0.2) is 23.3 Å². The van der Waals surface area contributed by atoms with Crippen molar-refractivity contribution < 1.29 is 9.85 Å². The highest BCUT2D eigenvalue weighted by atomic mass is 16.6. The van der Waals surface area contributed by atoms with E-state index in [0.29, 0.717) is 5.92 Å². The van der Waals surface area contributed by atoms with Crippen LogP contribution in [0.4, 0.5) is 17.1 Å². The Balaban J connectivity index is 2.21. The molecule has 0 amide bonds. The average Bonchev–Trinajstić information content (AvgIpc) is 3.13. The molecule has 1 N–H and O–H groups in total. The molecule has 0 aliphatic heterocycles. The molecule has 0 heterocycles. The van der Waals surface area contributed by atoms with Crippen LogP contribution in [0.1, 0.15) is 12.8 Å². The van der Waals surface area contributed by atoms with Crippen molar-refractivity contribution >= 4 is 23.3 Å². The Morgan fingerprint density at radius 2 is 2.00 bits per heavy atom. The summed E-state index contributed by atoms with van der Waals surface area (Å²) in [5.41, 5.74) is 1.99. The molecule has 0 aromatic heterocycles. The lowest BCUT2D eigenvalue weighted by Crippen LogP contribution is -1.98. The smallest absolute Gasteiger partial charge is 0.272 e. The first kappa shape index (κ1) is 12.0. The molecule has 1 fully saturated rings. The second-order valence-electron chi connectivity index (χ2n) is 3.94. The molecule has 0 bridgehead atoms. The number of hydrogen-bond acceptors (Lipinski definition) is 6. The van der Waals surface area contributed by atoms with Crippen molar-refractivity contribution in [1.82, 2.24) is 0 Å². The zero-order chi connectivity index (χ0) is 13.1. The normalized spacial score (nSPS) is 14.7. The van der Waals surface area contributed by atoms with Crippen LogP contribution in [0.2, 0.25) is 0 Å². The SMILES string of the molecule is O=[N+]([O-])c1ccc(N/N=C/C2CC2)c([N+](=O)[O-])c1. The van der Waals surface area contributed by atoms with Crippen molar-refractivity contribution in [3.63, 3.8) is 0 Å². The zero-order valence-electron chi connectivity index (χ0n) is 9.28. The highest BCUT2D eigenvalue weighted by Crippen LogP contribution is 2.29. The standard InChI is InChI=1S/C10H10N4O4/c15-13(16)8-3-4-9(10(5-8)14(17)18)12-11-6-7-1-2-7/h3-7,12H,1-2H2/b11-6+. The molecule has 1 aromatic rings. The van der Waals surface area contributed by atoms with Crippen molar-refractivity contribution in [3.05, 3.63) is 38.4 Å². The summed E-state index contributed by atoms with van der Waals surface area (Å²) in [6.07, 6.45) is 3.84. The van der Waals surface area contributed by atoms with Gasteiger partial charge in [-0.3, -0.25) is 25.7 Å². The highest BCUT2D eigenvalue weighted by molar-refractivity contribution is 5.69. The summed E-state index contributed by atoms with van der Waals surface area (Å²) in [4.78, 5) is 20.0. The van der Waals surface area contributed by atoms with Gasteiger partial charge in [0.05, 0.1) is 15.9 Å². The third-order valence-corrected chi connectivity index (χ3v) is 2.48. The lowest BCUT2D eigenvalue weighted by molar-refractivity contribution is -0.393. The summed E-state index contributed by atoms with van der Waals surface area (Å²) < 4.78 is 0. The Morgan fingerprint density at radius 1 is 1.28 bits per heavy atom. The first-order chi connectivity index (χ1) is 8.58. The van der Waals surface area contributed by atoms with Crippen LogP contribution in [-0.2, 0) is 0 Å². The third kappa shape index (κ3) is 2.78. The molecule has 0 atom stereocenters. The third-order valence-electron chi connectivity index (χ3n) is 2.48. The van der Waals surface area contributed by atoms with Gasteiger partial charge in [0.15, 0.2) is 0 Å². The van der Waals surface area contributed by atoms with Gasteiger partial charge in [-0.25, -0.2) is 0 Å². The average molecular weight is 250 g/mol. The Hall–Kier alpha value is -2.51. The van der Waals surface area contributed by atoms with E-state index in [2.05, 4.69) is 10.5 Å². The number of non-ortho nitro benzene ring substituents is 1. The summed E-state index contributed by atoms with van der Waals surface area (Å²) in [5, 5.41) is 25.2. The predicted octanol–water partition coefficient (Wildman–Crippen LogP) is 2.31. The van der Waals surface area contributed by atoms with Gasteiger partial charge in [-0.2, -0.15) is 5.10 Å². The summed E-state index contributed by atoms with van der Waals surface area (Å²) in [6.45, 7) is 0. The van der Waals surface area contributed by atoms with Gasteiger partial charge in [0.1, 0.15) is 5.69 Å². The molecule has 0 radical (unpaired) electrons. The number of benzene rings is 1. The second-order valence-corrected chi connectivity index (χ2v) is 3.94. The van der Waals surface area contributed by atoms with Crippen LogP contribution in [0.25, 0.3) is 0 Å². The Kier molecular flexibility index (Phi) is 3.18. The Bertz CT molecular complexity index is 525. The maximum absolute atomic E-state index is 10.8. The van der Waals surface area contributed by atoms with Gasteiger partial charge in [0.25, 0.3) is 5.69 Å². The fraction of sp³-hybridized carbons (Fsp3) is 0.300. The Morgan fingerprint density at radius 3 is 2.56 bits per heavy atom. The molecule has 8 nitrogen and oxygen atoms in total. The minimum Gasteiger partial charge on any atom is -0.272 e. The van der Waals surface area contributed by atoms with E-state index in [9.17, 15) is 20.2 Å². The van der Waals surface area contributed by atoms with Crippen molar-refractivity contribution in [2.45, 2.75) is 12.8 Å². The van der Waals surface area contributed by atoms with Crippen molar-refractivity contribution in [2.75, 3.05) is 5.43 Å². The number of nitro groups is 2. The summed E-state index contributed by atoms with van der Waals surface area (Å²) in [7, 11) is 0. The highest BCUT2D eigenvalue weighted by Gasteiger charge is 2.20. The van der Waals surface area contributed by atoms with Gasteiger partial charge in [-0.05, 0) is 24.8 Å². The van der Waals surface area contributed by atoms with Crippen LogP contribution in [-0.4, -0.2) is 16.1 Å². The fourth-order valence-corrected chi connectivity index (χ4v) is 1.34. The lowest BCUT2D eigenvalue weighted by atomic mass is 10.2. The van der Waals surface area contributed by atoms with Crippen molar-refractivity contribution in [2.24, 2.45) is 11.0 Å². The molecule has 94 valence electrons. The van der Waals surface area contributed by atoms with Gasteiger partial charge >= 0.3 is 5.69 Å². The molecular formula is C10H10N4O4. The van der Waals surface area contributed by atoms with E-state index in [4.69, 9.17) is 0 Å². The molecule has 0 saturated heterocycles. The number of nitrogens with one attached hydrogen (secondary N) is 1. The monoisotopic (exact) mass is 250 g/mol. The van der Waals surface area contributed by atoms with E-state index >= 15 is 0 Å². The van der Waals surface area contributed by atoms with Gasteiger partial charge in [-0.15, -0.1) is 0 Å². The molecule has 18 heavy (non-hydrogen) atoms. The molecule has 1 aromatic carbocycles. The molecule has 1 aliphatic carbocycles. The zero-order valence-corrected chi connectivity index (χ0v) is 9.28. The van der Waals surface area contributed by atoms with E-state index in [1.54, 1.807) is 6.21 Å². The second kappa shape index (κ2) is 4.78. The van der Waals surface area contributed by atoms with Crippen LogP contribution in [0, 0.1) is 26.1 Å². The summed E-state index contributed by atoms with van der Waals surface area (Å²) >= 11 is 0. The van der Waals surface area contributed by atoms with Crippen LogP contribution in [0.5, 0.6) is 0 Å². The number of anilines is 1. The number of nitrogens with zero attached hydrogens (tertiary/aromatic N) is 3. The first-order valence-electron chi connectivity index (χ1n) is 5.30. The maximum Gasteiger partial charge on any atom is 0.301 e. The van der Waals surface area contributed by atoms with E-state index in [-0.39, 0.29) is 17.1 Å². The quantitative estimate of drug-likeness (QED) is 0.489. The number of hydrazone groups is 1. The van der Waals surface area contributed by atoms with Crippen molar-refractivity contribution in [3.8, 4) is 0 Å². The summed E-state index contributed by atoms with van der Waals surface area (Å²) in [6, 6.07) is 3.39. The Labute approximate surface area is 102 Å². The van der Waals surface area contributed by atoms with Crippen LogP contribution >= 0.6 is 0 Å². The molecule has 0 spiro atoms. The van der Waals surface area contributed by atoms with E-state index < -0.39 is 9.85 Å². The molecule has 2 rings (SSSR count).